The summed E-state index contributed by atoms with van der Waals surface area (Å²) < 4.78 is 0. The van der Waals surface area contributed by atoms with Gasteiger partial charge in [-0.1, -0.05) is 24.4 Å². The van der Waals surface area contributed by atoms with E-state index in [2.05, 4.69) is 19.9 Å². The fourth-order valence-corrected chi connectivity index (χ4v) is 2.55. The second-order valence-corrected chi connectivity index (χ2v) is 4.75. The topological polar surface area (TPSA) is 54.5 Å². The summed E-state index contributed by atoms with van der Waals surface area (Å²) in [5.41, 5.74) is 1.05. The zero-order valence-corrected chi connectivity index (χ0v) is 10.1. The second-order valence-electron chi connectivity index (χ2n) is 4.36. The van der Waals surface area contributed by atoms with Crippen LogP contribution in [0.4, 0.5) is 0 Å². The lowest BCUT2D eigenvalue weighted by atomic mass is 10.0. The lowest BCUT2D eigenvalue weighted by Crippen LogP contribution is -2.01. The lowest BCUT2D eigenvalue weighted by molar-refractivity contribution is 0.695. The summed E-state index contributed by atoms with van der Waals surface area (Å²) in [6, 6.07) is 1.88. The maximum atomic E-state index is 6.05. The van der Waals surface area contributed by atoms with E-state index in [0.717, 1.165) is 5.69 Å². The number of rotatable bonds is 2. The van der Waals surface area contributed by atoms with E-state index in [-0.39, 0.29) is 0 Å². The molecule has 0 atom stereocenters. The van der Waals surface area contributed by atoms with Crippen molar-refractivity contribution >= 4 is 11.6 Å². The summed E-state index contributed by atoms with van der Waals surface area (Å²) >= 11 is 6.05. The van der Waals surface area contributed by atoms with Crippen LogP contribution in [-0.4, -0.2) is 19.9 Å². The van der Waals surface area contributed by atoms with Crippen LogP contribution in [-0.2, 0) is 0 Å². The van der Waals surface area contributed by atoms with Gasteiger partial charge in [-0.05, 0) is 18.9 Å². The molecule has 1 aliphatic carbocycles. The van der Waals surface area contributed by atoms with Gasteiger partial charge in [-0.15, -0.1) is 0 Å². The van der Waals surface area contributed by atoms with Gasteiger partial charge in [-0.3, -0.25) is 0 Å². The van der Waals surface area contributed by atoms with Crippen molar-refractivity contribution in [1.29, 1.82) is 0 Å². The largest absolute Gasteiger partial charge is 0.342 e. The molecule has 88 valence electrons. The summed E-state index contributed by atoms with van der Waals surface area (Å²) in [5, 5.41) is 0.494. The van der Waals surface area contributed by atoms with Crippen molar-refractivity contribution in [3.8, 4) is 11.6 Å². The van der Waals surface area contributed by atoms with Crippen LogP contribution in [0.15, 0.2) is 18.5 Å². The summed E-state index contributed by atoms with van der Waals surface area (Å²) in [5.74, 6) is 1.79. The van der Waals surface area contributed by atoms with Crippen molar-refractivity contribution in [2.24, 2.45) is 0 Å². The smallest absolute Gasteiger partial charge is 0.197 e. The van der Waals surface area contributed by atoms with Gasteiger partial charge in [0.25, 0.3) is 0 Å². The first-order valence-electron chi connectivity index (χ1n) is 5.87. The first-order chi connectivity index (χ1) is 8.33. The molecular formula is C12H13ClN4. The Morgan fingerprint density at radius 1 is 1.24 bits per heavy atom. The molecule has 0 amide bonds. The van der Waals surface area contributed by atoms with Gasteiger partial charge in [0.05, 0.1) is 0 Å². The number of aromatic nitrogens is 4. The molecule has 3 rings (SSSR count). The summed E-state index contributed by atoms with van der Waals surface area (Å²) in [7, 11) is 0. The van der Waals surface area contributed by atoms with E-state index in [9.17, 15) is 0 Å². The normalized spacial score (nSPS) is 16.5. The number of hydrogen-bond donors (Lipinski definition) is 1. The highest BCUT2D eigenvalue weighted by Crippen LogP contribution is 2.34. The van der Waals surface area contributed by atoms with E-state index in [1.54, 1.807) is 12.4 Å². The molecule has 0 radical (unpaired) electrons. The van der Waals surface area contributed by atoms with Gasteiger partial charge in [0.15, 0.2) is 11.6 Å². The van der Waals surface area contributed by atoms with Gasteiger partial charge in [0.2, 0.25) is 0 Å². The molecule has 1 aliphatic rings. The second kappa shape index (κ2) is 4.45. The van der Waals surface area contributed by atoms with Crippen LogP contribution in [0.5, 0.6) is 0 Å². The number of halogens is 1. The molecule has 0 spiro atoms. The number of H-pyrrole nitrogens is 1. The Morgan fingerprint density at radius 2 is 2.06 bits per heavy atom. The highest BCUT2D eigenvalue weighted by molar-refractivity contribution is 6.29. The van der Waals surface area contributed by atoms with E-state index < -0.39 is 0 Å². The minimum Gasteiger partial charge on any atom is -0.342 e. The lowest BCUT2D eigenvalue weighted by Gasteiger charge is -2.09. The van der Waals surface area contributed by atoms with Crippen LogP contribution >= 0.6 is 11.6 Å². The Kier molecular flexibility index (Phi) is 2.81. The molecule has 2 aromatic heterocycles. The molecule has 1 N–H and O–H groups in total. The number of nitrogens with zero attached hydrogens (tertiary/aromatic N) is 3. The van der Waals surface area contributed by atoms with Gasteiger partial charge in [0, 0.05) is 24.0 Å². The number of imidazole rings is 1. The highest BCUT2D eigenvalue weighted by atomic mass is 35.5. The molecule has 0 saturated heterocycles. The maximum Gasteiger partial charge on any atom is 0.197 e. The van der Waals surface area contributed by atoms with Gasteiger partial charge in [-0.2, -0.15) is 0 Å². The fourth-order valence-electron chi connectivity index (χ4n) is 2.36. The molecule has 0 unspecified atom stereocenters. The SMILES string of the molecule is Clc1cc(C2CCCC2)nc(-c2ncc[nH]2)n1. The minimum atomic E-state index is 0.494. The minimum absolute atomic E-state index is 0.494. The van der Waals surface area contributed by atoms with Gasteiger partial charge in [0.1, 0.15) is 5.15 Å². The van der Waals surface area contributed by atoms with E-state index in [0.29, 0.717) is 22.7 Å². The Labute approximate surface area is 104 Å². The third-order valence-corrected chi connectivity index (χ3v) is 3.39. The standard InChI is InChI=1S/C12H13ClN4/c13-10-7-9(8-3-1-2-4-8)16-12(17-10)11-14-5-6-15-11/h5-8H,1-4H2,(H,14,15). The van der Waals surface area contributed by atoms with Crippen LogP contribution in [0.25, 0.3) is 11.6 Å². The molecule has 0 bridgehead atoms. The predicted molar refractivity (Wildman–Crippen MR) is 65.8 cm³/mol. The molecule has 1 saturated carbocycles. The Bertz CT molecular complexity index is 503. The van der Waals surface area contributed by atoms with E-state index >= 15 is 0 Å². The molecule has 1 fully saturated rings. The number of aromatic amines is 1. The third kappa shape index (κ3) is 2.17. The van der Waals surface area contributed by atoms with Gasteiger partial charge < -0.3 is 4.98 Å². The molecule has 2 aromatic rings. The number of hydrogen-bond acceptors (Lipinski definition) is 3. The van der Waals surface area contributed by atoms with E-state index in [4.69, 9.17) is 11.6 Å². The van der Waals surface area contributed by atoms with E-state index in [1.807, 2.05) is 6.07 Å². The maximum absolute atomic E-state index is 6.05. The molecule has 17 heavy (non-hydrogen) atoms. The zero-order valence-electron chi connectivity index (χ0n) is 9.36. The summed E-state index contributed by atoms with van der Waals surface area (Å²) in [6.07, 6.45) is 8.41. The summed E-state index contributed by atoms with van der Waals surface area (Å²) in [4.78, 5) is 15.9. The van der Waals surface area contributed by atoms with Crippen molar-refractivity contribution in [2.45, 2.75) is 31.6 Å². The Hall–Kier alpha value is -1.42. The predicted octanol–water partition coefficient (Wildman–Crippen LogP) is 3.18. The van der Waals surface area contributed by atoms with Crippen LogP contribution < -0.4 is 0 Å². The molecular weight excluding hydrogens is 236 g/mol. The number of nitrogens with one attached hydrogen (secondary N) is 1. The third-order valence-electron chi connectivity index (χ3n) is 3.20. The van der Waals surface area contributed by atoms with E-state index in [1.165, 1.54) is 25.7 Å². The molecule has 4 nitrogen and oxygen atoms in total. The zero-order chi connectivity index (χ0) is 11.7. The quantitative estimate of drug-likeness (QED) is 0.831. The van der Waals surface area contributed by atoms with Crippen molar-refractivity contribution in [1.82, 2.24) is 19.9 Å². The molecule has 2 heterocycles. The summed E-state index contributed by atoms with van der Waals surface area (Å²) in [6.45, 7) is 0. The van der Waals surface area contributed by atoms with Crippen molar-refractivity contribution in [2.75, 3.05) is 0 Å². The van der Waals surface area contributed by atoms with Crippen molar-refractivity contribution in [3.05, 3.63) is 29.3 Å². The van der Waals surface area contributed by atoms with Gasteiger partial charge in [-0.25, -0.2) is 15.0 Å². The Morgan fingerprint density at radius 3 is 2.76 bits per heavy atom. The van der Waals surface area contributed by atoms with Crippen molar-refractivity contribution < 1.29 is 0 Å². The van der Waals surface area contributed by atoms with Crippen LogP contribution in [0.1, 0.15) is 37.3 Å². The Balaban J connectivity index is 2.00. The van der Waals surface area contributed by atoms with Crippen LogP contribution in [0, 0.1) is 0 Å². The average molecular weight is 249 g/mol. The van der Waals surface area contributed by atoms with Crippen LogP contribution in [0.3, 0.4) is 0 Å². The molecule has 0 aliphatic heterocycles. The first-order valence-corrected chi connectivity index (χ1v) is 6.25. The fraction of sp³-hybridized carbons (Fsp3) is 0.417. The molecule has 0 aromatic carbocycles. The van der Waals surface area contributed by atoms with Gasteiger partial charge >= 0.3 is 0 Å². The highest BCUT2D eigenvalue weighted by Gasteiger charge is 2.20. The molecule has 5 heteroatoms. The van der Waals surface area contributed by atoms with Crippen molar-refractivity contribution in [3.63, 3.8) is 0 Å². The average Bonchev–Trinajstić information content (AvgIpc) is 3.02. The monoisotopic (exact) mass is 248 g/mol. The van der Waals surface area contributed by atoms with Crippen LogP contribution in [0.2, 0.25) is 5.15 Å². The first kappa shape index (κ1) is 10.7.